The maximum atomic E-state index is 2.30. The lowest BCUT2D eigenvalue weighted by atomic mass is 10.1. The minimum atomic E-state index is 1.15. The van der Waals surface area contributed by atoms with Crippen LogP contribution >= 0.6 is 0 Å². The van der Waals surface area contributed by atoms with Crippen molar-refractivity contribution < 1.29 is 9.80 Å². The van der Waals surface area contributed by atoms with E-state index in [2.05, 4.69) is 52.1 Å². The second kappa shape index (κ2) is 7.46. The molecule has 1 aromatic carbocycles. The Morgan fingerprint density at radius 3 is 2.24 bits per heavy atom. The average Bonchev–Trinajstić information content (AvgIpc) is 2.33. The molecule has 0 fully saturated rings. The molecule has 0 saturated carbocycles. The van der Waals surface area contributed by atoms with Gasteiger partial charge in [-0.05, 0) is 26.3 Å². The Labute approximate surface area is 106 Å². The van der Waals surface area contributed by atoms with E-state index in [9.17, 15) is 0 Å². The number of aryl methyl sites for hydroxylation is 1. The van der Waals surface area contributed by atoms with Crippen molar-refractivity contribution in [1.29, 1.82) is 0 Å². The van der Waals surface area contributed by atoms with E-state index < -0.39 is 0 Å². The van der Waals surface area contributed by atoms with Crippen LogP contribution in [0.4, 0.5) is 0 Å². The van der Waals surface area contributed by atoms with Crippen molar-refractivity contribution in [1.82, 2.24) is 0 Å². The maximum absolute atomic E-state index is 2.30. The molecule has 1 unspecified atom stereocenters. The molecule has 0 amide bonds. The van der Waals surface area contributed by atoms with Gasteiger partial charge < -0.3 is 9.80 Å². The first-order valence-electron chi connectivity index (χ1n) is 6.86. The van der Waals surface area contributed by atoms with Gasteiger partial charge >= 0.3 is 0 Å². The van der Waals surface area contributed by atoms with E-state index >= 15 is 0 Å². The van der Waals surface area contributed by atoms with E-state index in [1.807, 2.05) is 0 Å². The highest BCUT2D eigenvalue weighted by Crippen LogP contribution is 2.04. The van der Waals surface area contributed by atoms with E-state index in [0.29, 0.717) is 0 Å². The summed E-state index contributed by atoms with van der Waals surface area (Å²) < 4.78 is 0. The molecule has 0 aliphatic rings. The molecule has 2 heteroatoms. The van der Waals surface area contributed by atoms with Gasteiger partial charge in [0.25, 0.3) is 0 Å². The van der Waals surface area contributed by atoms with Gasteiger partial charge in [-0.15, -0.1) is 0 Å². The van der Waals surface area contributed by atoms with Gasteiger partial charge in [0, 0.05) is 5.56 Å². The third kappa shape index (κ3) is 4.88. The standard InChI is InChI=1S/C15H26N2/c1-5-17(6-2)12-11-16(4)13-15-10-8-7-9-14(15)3/h7-10H,5-6,11-13H2,1-4H3/p+2. The zero-order valence-corrected chi connectivity index (χ0v) is 11.8. The van der Waals surface area contributed by atoms with Crippen LogP contribution in [0.5, 0.6) is 0 Å². The van der Waals surface area contributed by atoms with Crippen LogP contribution in [0.2, 0.25) is 0 Å². The van der Waals surface area contributed by atoms with Crippen LogP contribution in [0.25, 0.3) is 0 Å². The Kier molecular flexibility index (Phi) is 6.23. The molecular weight excluding hydrogens is 208 g/mol. The first-order chi connectivity index (χ1) is 8.17. The van der Waals surface area contributed by atoms with Gasteiger partial charge in [-0.25, -0.2) is 0 Å². The molecule has 1 atom stereocenters. The molecule has 1 rings (SSSR count). The minimum absolute atomic E-state index is 1.15. The lowest BCUT2D eigenvalue weighted by Gasteiger charge is -2.19. The van der Waals surface area contributed by atoms with Gasteiger partial charge in [0.05, 0.1) is 20.1 Å². The monoisotopic (exact) mass is 236 g/mol. The number of quaternary nitrogens is 2. The van der Waals surface area contributed by atoms with E-state index in [-0.39, 0.29) is 0 Å². The summed E-state index contributed by atoms with van der Waals surface area (Å²) in [5.41, 5.74) is 2.90. The first-order valence-corrected chi connectivity index (χ1v) is 6.86. The summed E-state index contributed by atoms with van der Waals surface area (Å²) in [6.07, 6.45) is 0. The summed E-state index contributed by atoms with van der Waals surface area (Å²) in [6, 6.07) is 8.72. The Balaban J connectivity index is 2.39. The number of benzene rings is 1. The lowest BCUT2D eigenvalue weighted by Crippen LogP contribution is -3.18. The fraction of sp³-hybridized carbons (Fsp3) is 0.600. The van der Waals surface area contributed by atoms with E-state index in [1.54, 1.807) is 9.80 Å². The molecular formula is C15H28N2+2. The van der Waals surface area contributed by atoms with E-state index in [1.165, 1.54) is 37.3 Å². The molecule has 0 bridgehead atoms. The molecule has 0 aliphatic carbocycles. The number of likely N-dealkylation sites (N-methyl/N-ethyl adjacent to an activating group) is 2. The second-order valence-electron chi connectivity index (χ2n) is 5.02. The maximum Gasteiger partial charge on any atom is 0.127 e. The second-order valence-corrected chi connectivity index (χ2v) is 5.02. The van der Waals surface area contributed by atoms with Crippen molar-refractivity contribution in [3.8, 4) is 0 Å². The SMILES string of the molecule is CC[NH+](CC)CC[NH+](C)Cc1ccccc1C. The number of hydrogen-bond acceptors (Lipinski definition) is 0. The number of nitrogens with one attached hydrogen (secondary N) is 2. The molecule has 0 saturated heterocycles. The van der Waals surface area contributed by atoms with Crippen molar-refractivity contribution in [2.75, 3.05) is 33.2 Å². The summed E-state index contributed by atoms with van der Waals surface area (Å²) in [4.78, 5) is 3.31. The van der Waals surface area contributed by atoms with Gasteiger partial charge in [-0.2, -0.15) is 0 Å². The van der Waals surface area contributed by atoms with Gasteiger partial charge in [-0.1, -0.05) is 24.3 Å². The van der Waals surface area contributed by atoms with Gasteiger partial charge in [0.2, 0.25) is 0 Å². The highest BCUT2D eigenvalue weighted by Gasteiger charge is 2.09. The van der Waals surface area contributed by atoms with Crippen molar-refractivity contribution in [2.45, 2.75) is 27.3 Å². The van der Waals surface area contributed by atoms with Crippen LogP contribution < -0.4 is 9.80 Å². The zero-order chi connectivity index (χ0) is 12.7. The van der Waals surface area contributed by atoms with Crippen LogP contribution in [0.1, 0.15) is 25.0 Å². The summed E-state index contributed by atoms with van der Waals surface area (Å²) in [5, 5.41) is 0. The largest absolute Gasteiger partial charge is 0.331 e. The van der Waals surface area contributed by atoms with Crippen LogP contribution in [0.15, 0.2) is 24.3 Å². The molecule has 0 aromatic heterocycles. The quantitative estimate of drug-likeness (QED) is 0.656. The fourth-order valence-electron chi connectivity index (χ4n) is 2.22. The zero-order valence-electron chi connectivity index (χ0n) is 11.8. The van der Waals surface area contributed by atoms with Crippen LogP contribution in [0, 0.1) is 6.92 Å². The fourth-order valence-corrected chi connectivity index (χ4v) is 2.22. The highest BCUT2D eigenvalue weighted by molar-refractivity contribution is 5.24. The lowest BCUT2D eigenvalue weighted by molar-refractivity contribution is -0.953. The number of hydrogen-bond donors (Lipinski definition) is 2. The summed E-state index contributed by atoms with van der Waals surface area (Å²) in [5.74, 6) is 0. The summed E-state index contributed by atoms with van der Waals surface area (Å²) >= 11 is 0. The van der Waals surface area contributed by atoms with E-state index in [0.717, 1.165) is 6.54 Å². The van der Waals surface area contributed by atoms with Crippen molar-refractivity contribution in [2.24, 2.45) is 0 Å². The summed E-state index contributed by atoms with van der Waals surface area (Å²) in [7, 11) is 2.30. The van der Waals surface area contributed by atoms with Crippen molar-refractivity contribution >= 4 is 0 Å². The van der Waals surface area contributed by atoms with Gasteiger partial charge in [0.1, 0.15) is 19.6 Å². The molecule has 0 spiro atoms. The highest BCUT2D eigenvalue weighted by atomic mass is 15.2. The van der Waals surface area contributed by atoms with Crippen LogP contribution in [-0.4, -0.2) is 33.2 Å². The third-order valence-electron chi connectivity index (χ3n) is 3.66. The average molecular weight is 236 g/mol. The molecule has 0 radical (unpaired) electrons. The normalized spacial score (nSPS) is 13.0. The topological polar surface area (TPSA) is 8.88 Å². The van der Waals surface area contributed by atoms with Gasteiger partial charge in [0.15, 0.2) is 0 Å². The van der Waals surface area contributed by atoms with Gasteiger partial charge in [-0.3, -0.25) is 0 Å². The Bertz CT molecular complexity index is 318. The molecule has 0 aliphatic heterocycles. The molecule has 2 nitrogen and oxygen atoms in total. The first kappa shape index (κ1) is 14.2. The Morgan fingerprint density at radius 1 is 1.00 bits per heavy atom. The third-order valence-corrected chi connectivity index (χ3v) is 3.66. The summed E-state index contributed by atoms with van der Waals surface area (Å²) in [6.45, 7) is 12.9. The predicted octanol–water partition coefficient (Wildman–Crippen LogP) is -0.0656. The van der Waals surface area contributed by atoms with Crippen molar-refractivity contribution in [3.63, 3.8) is 0 Å². The van der Waals surface area contributed by atoms with E-state index in [4.69, 9.17) is 0 Å². The smallest absolute Gasteiger partial charge is 0.127 e. The Morgan fingerprint density at radius 2 is 1.65 bits per heavy atom. The van der Waals surface area contributed by atoms with Crippen LogP contribution in [-0.2, 0) is 6.54 Å². The number of rotatable bonds is 7. The molecule has 96 valence electrons. The predicted molar refractivity (Wildman–Crippen MR) is 73.5 cm³/mol. The minimum Gasteiger partial charge on any atom is -0.331 e. The van der Waals surface area contributed by atoms with Crippen LogP contribution in [0.3, 0.4) is 0 Å². The van der Waals surface area contributed by atoms with Crippen molar-refractivity contribution in [3.05, 3.63) is 35.4 Å². The molecule has 2 N–H and O–H groups in total. The molecule has 1 aromatic rings. The molecule has 0 heterocycles. The molecule has 17 heavy (non-hydrogen) atoms. The Hall–Kier alpha value is -0.860.